The van der Waals surface area contributed by atoms with Crippen molar-refractivity contribution in [3.8, 4) is 12.1 Å². The maximum atomic E-state index is 11.3. The van der Waals surface area contributed by atoms with Gasteiger partial charge in [0.15, 0.2) is 11.6 Å². The number of piperidine rings is 1. The lowest BCUT2D eigenvalue weighted by molar-refractivity contribution is 0.105. The van der Waals surface area contributed by atoms with E-state index in [4.69, 9.17) is 4.74 Å². The zero-order chi connectivity index (χ0) is 24.2. The highest BCUT2D eigenvalue weighted by atomic mass is 16.5. The predicted octanol–water partition coefficient (Wildman–Crippen LogP) is 4.17. The molecule has 1 saturated heterocycles. The Morgan fingerprint density at radius 2 is 2.00 bits per heavy atom. The van der Waals surface area contributed by atoms with Gasteiger partial charge in [-0.3, -0.25) is 4.79 Å². The second-order valence-corrected chi connectivity index (χ2v) is 10.0. The van der Waals surface area contributed by atoms with Gasteiger partial charge >= 0.3 is 6.01 Å². The number of carbonyl (C=O) groups excluding carboxylic acids is 1. The Kier molecular flexibility index (Phi) is 7.54. The number of anilines is 3. The van der Waals surface area contributed by atoms with Crippen molar-refractivity contribution < 1.29 is 9.53 Å². The van der Waals surface area contributed by atoms with E-state index in [1.165, 1.54) is 0 Å². The summed E-state index contributed by atoms with van der Waals surface area (Å²) in [7, 11) is 4.03. The zero-order valence-corrected chi connectivity index (χ0v) is 20.5. The molecule has 0 radical (unpaired) electrons. The van der Waals surface area contributed by atoms with Gasteiger partial charge in [0, 0.05) is 37.9 Å². The standard InChI is InChI=1S/C25H34N6O2/c1-17-7-8-18(15-32)13-21(17)27-22-20(14-26)23(31(6)16-25(2,3)4)29-24(28-22)33-19-9-11-30(5)12-10-19/h7-8,13,15,19H,9-12,16H2,1-6H3,(H,27,28,29). The van der Waals surface area contributed by atoms with E-state index in [1.54, 1.807) is 12.1 Å². The van der Waals surface area contributed by atoms with E-state index in [0.717, 1.165) is 37.8 Å². The number of nitrogens with one attached hydrogen (secondary N) is 1. The van der Waals surface area contributed by atoms with E-state index in [2.05, 4.69) is 54.1 Å². The topological polar surface area (TPSA) is 94.4 Å². The summed E-state index contributed by atoms with van der Waals surface area (Å²) in [5.41, 5.74) is 2.54. The zero-order valence-electron chi connectivity index (χ0n) is 20.5. The van der Waals surface area contributed by atoms with Crippen LogP contribution in [0.5, 0.6) is 6.01 Å². The van der Waals surface area contributed by atoms with E-state index >= 15 is 0 Å². The number of rotatable bonds is 7. The van der Waals surface area contributed by atoms with Crippen LogP contribution in [0.25, 0.3) is 0 Å². The average molecular weight is 451 g/mol. The molecule has 8 nitrogen and oxygen atoms in total. The maximum Gasteiger partial charge on any atom is 0.320 e. The van der Waals surface area contributed by atoms with Gasteiger partial charge in [-0.15, -0.1) is 0 Å². The number of nitriles is 1. The van der Waals surface area contributed by atoms with Gasteiger partial charge in [-0.1, -0.05) is 32.9 Å². The normalized spacial score (nSPS) is 15.1. The molecule has 0 atom stereocenters. The summed E-state index contributed by atoms with van der Waals surface area (Å²) in [5.74, 6) is 0.898. The van der Waals surface area contributed by atoms with Gasteiger partial charge in [-0.25, -0.2) is 0 Å². The summed E-state index contributed by atoms with van der Waals surface area (Å²) >= 11 is 0. The van der Waals surface area contributed by atoms with Crippen molar-refractivity contribution in [2.75, 3.05) is 43.9 Å². The summed E-state index contributed by atoms with van der Waals surface area (Å²) in [5, 5.41) is 13.3. The molecule has 8 heteroatoms. The smallest absolute Gasteiger partial charge is 0.320 e. The lowest BCUT2D eigenvalue weighted by atomic mass is 9.96. The Hall–Kier alpha value is -3.18. The number of hydrogen-bond donors (Lipinski definition) is 1. The molecule has 1 aromatic heterocycles. The molecule has 0 unspecified atom stereocenters. The second kappa shape index (κ2) is 10.2. The van der Waals surface area contributed by atoms with Gasteiger partial charge in [0.2, 0.25) is 0 Å². The molecule has 1 aliphatic rings. The highest BCUT2D eigenvalue weighted by molar-refractivity contribution is 5.80. The quantitative estimate of drug-likeness (QED) is 0.628. The molecule has 1 N–H and O–H groups in total. The Morgan fingerprint density at radius 1 is 1.30 bits per heavy atom. The maximum absolute atomic E-state index is 11.3. The molecule has 176 valence electrons. The number of aromatic nitrogens is 2. The van der Waals surface area contributed by atoms with E-state index in [-0.39, 0.29) is 17.5 Å². The molecule has 2 heterocycles. The molecule has 0 aliphatic carbocycles. The Bertz CT molecular complexity index is 1030. The van der Waals surface area contributed by atoms with Crippen LogP contribution in [-0.2, 0) is 0 Å². The van der Waals surface area contributed by atoms with Crippen molar-refractivity contribution in [1.29, 1.82) is 5.26 Å². The van der Waals surface area contributed by atoms with Gasteiger partial charge in [-0.05, 0) is 43.9 Å². The average Bonchev–Trinajstić information content (AvgIpc) is 2.75. The van der Waals surface area contributed by atoms with E-state index in [0.29, 0.717) is 35.0 Å². The van der Waals surface area contributed by atoms with Crippen LogP contribution in [0.1, 0.15) is 55.1 Å². The van der Waals surface area contributed by atoms with Crippen molar-refractivity contribution in [3.05, 3.63) is 34.9 Å². The van der Waals surface area contributed by atoms with E-state index in [9.17, 15) is 10.1 Å². The summed E-state index contributed by atoms with van der Waals surface area (Å²) in [6.45, 7) is 11.0. The van der Waals surface area contributed by atoms with E-state index < -0.39 is 0 Å². The number of likely N-dealkylation sites (tertiary alicyclic amines) is 1. The molecule has 0 bridgehead atoms. The third-order valence-corrected chi connectivity index (χ3v) is 5.64. The van der Waals surface area contributed by atoms with Crippen molar-refractivity contribution >= 4 is 23.6 Å². The van der Waals surface area contributed by atoms with Crippen molar-refractivity contribution in [3.63, 3.8) is 0 Å². The number of hydrogen-bond acceptors (Lipinski definition) is 8. The highest BCUT2D eigenvalue weighted by Gasteiger charge is 2.25. The van der Waals surface area contributed by atoms with Crippen LogP contribution in [0.3, 0.4) is 0 Å². The van der Waals surface area contributed by atoms with Crippen LogP contribution in [0.2, 0.25) is 0 Å². The highest BCUT2D eigenvalue weighted by Crippen LogP contribution is 2.31. The van der Waals surface area contributed by atoms with Crippen molar-refractivity contribution in [2.24, 2.45) is 5.41 Å². The first-order chi connectivity index (χ1) is 15.6. The van der Waals surface area contributed by atoms with Crippen LogP contribution in [0.15, 0.2) is 18.2 Å². The molecule has 0 amide bonds. The monoisotopic (exact) mass is 450 g/mol. The number of carbonyl (C=O) groups is 1. The molecule has 0 spiro atoms. The molecule has 33 heavy (non-hydrogen) atoms. The summed E-state index contributed by atoms with van der Waals surface area (Å²) in [6.07, 6.45) is 2.63. The summed E-state index contributed by atoms with van der Waals surface area (Å²) in [4.78, 5) is 24.8. The minimum absolute atomic E-state index is 0.00384. The fourth-order valence-electron chi connectivity index (χ4n) is 3.96. The van der Waals surface area contributed by atoms with Gasteiger partial charge in [0.1, 0.15) is 24.0 Å². The first-order valence-electron chi connectivity index (χ1n) is 11.3. The molecule has 0 saturated carbocycles. The molecular weight excluding hydrogens is 416 g/mol. The predicted molar refractivity (Wildman–Crippen MR) is 130 cm³/mol. The van der Waals surface area contributed by atoms with Crippen LogP contribution >= 0.6 is 0 Å². The van der Waals surface area contributed by atoms with Gasteiger partial charge in [0.05, 0.1) is 0 Å². The van der Waals surface area contributed by atoms with Gasteiger partial charge in [0.25, 0.3) is 0 Å². The SMILES string of the molecule is Cc1ccc(C=O)cc1Nc1nc(OC2CCN(C)CC2)nc(N(C)CC(C)(C)C)c1C#N. The third kappa shape index (κ3) is 6.42. The van der Waals surface area contributed by atoms with Crippen LogP contribution in [0.4, 0.5) is 17.3 Å². The van der Waals surface area contributed by atoms with Crippen molar-refractivity contribution in [1.82, 2.24) is 14.9 Å². The molecule has 1 aromatic carbocycles. The first kappa shape index (κ1) is 24.5. The van der Waals surface area contributed by atoms with Crippen LogP contribution in [0, 0.1) is 23.7 Å². The lowest BCUT2D eigenvalue weighted by Gasteiger charge is -2.30. The largest absolute Gasteiger partial charge is 0.460 e. The second-order valence-electron chi connectivity index (χ2n) is 10.0. The molecule has 1 fully saturated rings. The minimum Gasteiger partial charge on any atom is -0.460 e. The third-order valence-electron chi connectivity index (χ3n) is 5.64. The summed E-state index contributed by atoms with van der Waals surface area (Å²) < 4.78 is 6.20. The molecule has 1 aliphatic heterocycles. The van der Waals surface area contributed by atoms with Crippen LogP contribution in [-0.4, -0.2) is 61.0 Å². The molecule has 2 aromatic rings. The van der Waals surface area contributed by atoms with E-state index in [1.807, 2.05) is 24.9 Å². The fraction of sp³-hybridized carbons (Fsp3) is 0.520. The van der Waals surface area contributed by atoms with Crippen LogP contribution < -0.4 is 15.0 Å². The fourth-order valence-corrected chi connectivity index (χ4v) is 3.96. The number of aldehydes is 1. The Balaban J connectivity index is 2.03. The number of aryl methyl sites for hydroxylation is 1. The number of ether oxygens (including phenoxy) is 1. The van der Waals surface area contributed by atoms with Gasteiger partial charge in [-0.2, -0.15) is 15.2 Å². The minimum atomic E-state index is 0.00384. The Labute approximate surface area is 196 Å². The molecular formula is C25H34N6O2. The molecule has 3 rings (SSSR count). The van der Waals surface area contributed by atoms with Crippen molar-refractivity contribution in [2.45, 2.75) is 46.6 Å². The number of nitrogens with zero attached hydrogens (tertiary/aromatic N) is 5. The lowest BCUT2D eigenvalue weighted by Crippen LogP contribution is -2.36. The number of benzene rings is 1. The van der Waals surface area contributed by atoms with Gasteiger partial charge < -0.3 is 19.9 Å². The Morgan fingerprint density at radius 3 is 2.61 bits per heavy atom. The first-order valence-corrected chi connectivity index (χ1v) is 11.3. The summed E-state index contributed by atoms with van der Waals surface area (Å²) in [6, 6.07) is 7.90.